The maximum Gasteiger partial charge on any atom is -1.00 e. The first kappa shape index (κ1) is 18.9. The zero-order valence-electron chi connectivity index (χ0n) is 13.9. The maximum atomic E-state index is 2.41. The van der Waals surface area contributed by atoms with Crippen LogP contribution in [0.2, 0.25) is 0 Å². The Kier molecular flexibility index (Phi) is 5.98. The quantitative estimate of drug-likeness (QED) is 0.633. The Hall–Kier alpha value is -1.47. The Morgan fingerprint density at radius 3 is 1.88 bits per heavy atom. The molecule has 2 aliphatic carbocycles. The number of hydrogen-bond acceptors (Lipinski definition) is 0. The normalized spacial score (nSPS) is 13.8. The molecular formula is C21H20F2Zr. The number of halogens is 2. The molecule has 0 radical (unpaired) electrons. The second-order valence-corrected chi connectivity index (χ2v) is 13.8. The van der Waals surface area contributed by atoms with Crippen LogP contribution in [0.25, 0.3) is 11.1 Å². The van der Waals surface area contributed by atoms with Gasteiger partial charge >= 0.3 is 141 Å². The largest absolute Gasteiger partial charge is 1.00 e. The molecule has 122 valence electrons. The van der Waals surface area contributed by atoms with Gasteiger partial charge in [0.2, 0.25) is 0 Å². The van der Waals surface area contributed by atoms with Gasteiger partial charge in [-0.15, -0.1) is 0 Å². The van der Waals surface area contributed by atoms with E-state index in [1.54, 1.807) is 17.6 Å². The maximum absolute atomic E-state index is 2.41. The first-order valence-corrected chi connectivity index (χ1v) is 11.9. The van der Waals surface area contributed by atoms with Gasteiger partial charge in [-0.3, -0.25) is 0 Å². The minimum absolute atomic E-state index is 0. The van der Waals surface area contributed by atoms with E-state index in [-0.39, 0.29) is 9.41 Å². The van der Waals surface area contributed by atoms with Crippen LogP contribution in [0, 0.1) is 0 Å². The Morgan fingerprint density at radius 2 is 1.42 bits per heavy atom. The van der Waals surface area contributed by atoms with Crippen LogP contribution in [0.4, 0.5) is 0 Å². The molecule has 0 bridgehead atoms. The number of fused-ring (bicyclic) bond motifs is 3. The second kappa shape index (κ2) is 7.61. The summed E-state index contributed by atoms with van der Waals surface area (Å²) in [5.41, 5.74) is 6.09. The first-order valence-electron chi connectivity index (χ1n) is 7.99. The molecule has 0 unspecified atom stereocenters. The van der Waals surface area contributed by atoms with Gasteiger partial charge in [-0.2, -0.15) is 0 Å². The minimum atomic E-state index is -1.87. The first-order chi connectivity index (χ1) is 10.8. The average molecular weight is 402 g/mol. The molecule has 0 heterocycles. The fourth-order valence-electron chi connectivity index (χ4n) is 3.91. The van der Waals surface area contributed by atoms with Gasteiger partial charge in [-0.05, 0) is 0 Å². The van der Waals surface area contributed by atoms with Crippen LogP contribution >= 0.6 is 0 Å². The molecule has 0 spiro atoms. The third-order valence-corrected chi connectivity index (χ3v) is 13.0. The van der Waals surface area contributed by atoms with Crippen LogP contribution < -0.4 is 9.41 Å². The van der Waals surface area contributed by atoms with E-state index in [2.05, 4.69) is 80.6 Å². The van der Waals surface area contributed by atoms with Crippen molar-refractivity contribution in [2.75, 3.05) is 0 Å². The molecule has 0 nitrogen and oxygen atoms in total. The van der Waals surface area contributed by atoms with Crippen LogP contribution in [0.1, 0.15) is 35.0 Å². The molecule has 0 N–H and O–H groups in total. The molecule has 3 heteroatoms. The van der Waals surface area contributed by atoms with Crippen molar-refractivity contribution in [3.8, 4) is 11.1 Å². The number of rotatable bonds is 2. The molecule has 4 rings (SSSR count). The van der Waals surface area contributed by atoms with Gasteiger partial charge in [0, 0.05) is 0 Å². The van der Waals surface area contributed by atoms with Crippen molar-refractivity contribution in [1.29, 1.82) is 0 Å². The van der Waals surface area contributed by atoms with Crippen molar-refractivity contribution in [3.63, 3.8) is 0 Å². The van der Waals surface area contributed by atoms with Crippen molar-refractivity contribution in [2.45, 2.75) is 23.9 Å². The fourth-order valence-corrected chi connectivity index (χ4v) is 12.1. The standard InChI is InChI=1S/C13H9.C5H5.C3H6.2FH.Zr/c1-3-7-12-10(5-1)9-11-6-2-4-8-13(11)12;1-2-4-5-3-1;1-3-2;;;/h1-9H;1-3H,4H2;1-2H3;2*1H;/q;;;;;+2/p-2. The summed E-state index contributed by atoms with van der Waals surface area (Å²) in [6.07, 6.45) is 8.17. The summed E-state index contributed by atoms with van der Waals surface area (Å²) in [5.74, 6) is 0. The molecule has 24 heavy (non-hydrogen) atoms. The fraction of sp³-hybridized carbons (Fsp3) is 0.190. The van der Waals surface area contributed by atoms with Crippen LogP contribution in [-0.2, 0) is 21.3 Å². The molecule has 0 saturated carbocycles. The smallest absolute Gasteiger partial charge is 1.00 e. The number of allylic oxidation sites excluding steroid dienone is 4. The van der Waals surface area contributed by atoms with E-state index in [1.165, 1.54) is 17.5 Å². The Balaban J connectivity index is 0.00000104. The monoisotopic (exact) mass is 400 g/mol. The van der Waals surface area contributed by atoms with Crippen molar-refractivity contribution < 1.29 is 30.7 Å². The summed E-state index contributed by atoms with van der Waals surface area (Å²) >= 11 is -1.87. The summed E-state index contributed by atoms with van der Waals surface area (Å²) in [4.78, 5) is 0. The summed E-state index contributed by atoms with van der Waals surface area (Å²) < 4.78 is 4.11. The van der Waals surface area contributed by atoms with Crippen LogP contribution in [0.5, 0.6) is 0 Å². The zero-order valence-corrected chi connectivity index (χ0v) is 16.3. The molecule has 2 aliphatic rings. The van der Waals surface area contributed by atoms with Crippen molar-refractivity contribution in [3.05, 3.63) is 81.2 Å². The summed E-state index contributed by atoms with van der Waals surface area (Å²) in [6.45, 7) is 4.74. The van der Waals surface area contributed by atoms with Gasteiger partial charge in [0.25, 0.3) is 0 Å². The van der Waals surface area contributed by atoms with E-state index in [0.717, 1.165) is 0 Å². The molecule has 0 aromatic heterocycles. The molecular weight excluding hydrogens is 381 g/mol. The topological polar surface area (TPSA) is 0 Å². The van der Waals surface area contributed by atoms with E-state index >= 15 is 0 Å². The van der Waals surface area contributed by atoms with Gasteiger partial charge in [0.1, 0.15) is 0 Å². The molecule has 0 saturated heterocycles. The second-order valence-electron chi connectivity index (χ2n) is 6.35. The predicted octanol–water partition coefficient (Wildman–Crippen LogP) is -0.561. The van der Waals surface area contributed by atoms with Gasteiger partial charge in [0.05, 0.1) is 0 Å². The summed E-state index contributed by atoms with van der Waals surface area (Å²) in [6, 6.07) is 18.1. The average Bonchev–Trinajstić information content (AvgIpc) is 3.16. The zero-order chi connectivity index (χ0) is 15.1. The Bertz CT molecular complexity index is 797. The summed E-state index contributed by atoms with van der Waals surface area (Å²) in [7, 11) is 0. The molecule has 0 atom stereocenters. The third-order valence-electron chi connectivity index (χ3n) is 4.78. The Labute approximate surface area is 149 Å². The molecule has 2 aromatic rings. The van der Waals surface area contributed by atoms with Crippen LogP contribution in [-0.4, -0.2) is 3.21 Å². The number of benzene rings is 2. The van der Waals surface area contributed by atoms with Gasteiger partial charge in [0.15, 0.2) is 0 Å². The molecule has 0 aliphatic heterocycles. The predicted molar refractivity (Wildman–Crippen MR) is 91.9 cm³/mol. The minimum Gasteiger partial charge on any atom is -1.00 e. The molecule has 2 aromatic carbocycles. The molecule has 0 fully saturated rings. The van der Waals surface area contributed by atoms with E-state index < -0.39 is 21.3 Å². The van der Waals surface area contributed by atoms with Crippen LogP contribution in [0.15, 0.2) is 70.0 Å². The molecule has 0 amide bonds. The van der Waals surface area contributed by atoms with Crippen molar-refractivity contribution >= 4 is 3.21 Å². The van der Waals surface area contributed by atoms with Gasteiger partial charge < -0.3 is 9.41 Å². The van der Waals surface area contributed by atoms with E-state index in [1.807, 2.05) is 0 Å². The SMILES string of the molecule is C[C](C)=[Zr+2]([C]1=CC=CC1)[CH]1c2ccccc2-c2ccccc21.[F-].[F-]. The summed E-state index contributed by atoms with van der Waals surface area (Å²) in [5, 5.41) is 0. The Morgan fingerprint density at radius 1 is 0.875 bits per heavy atom. The number of hydrogen-bond donors (Lipinski definition) is 0. The third kappa shape index (κ3) is 2.95. The van der Waals surface area contributed by atoms with Gasteiger partial charge in [-0.1, -0.05) is 0 Å². The van der Waals surface area contributed by atoms with Gasteiger partial charge in [-0.25, -0.2) is 0 Å². The van der Waals surface area contributed by atoms with E-state index in [0.29, 0.717) is 3.63 Å². The van der Waals surface area contributed by atoms with Crippen molar-refractivity contribution in [1.82, 2.24) is 0 Å². The van der Waals surface area contributed by atoms with E-state index in [9.17, 15) is 0 Å². The van der Waals surface area contributed by atoms with Crippen molar-refractivity contribution in [2.24, 2.45) is 0 Å². The van der Waals surface area contributed by atoms with E-state index in [4.69, 9.17) is 0 Å². The van der Waals surface area contributed by atoms with Crippen LogP contribution in [0.3, 0.4) is 0 Å².